The Balaban J connectivity index is 1.84. The van der Waals surface area contributed by atoms with Crippen LogP contribution in [0.5, 0.6) is 0 Å². The Hall–Kier alpha value is -3.18. The Morgan fingerprint density at radius 2 is 1.78 bits per heavy atom. The molecular weight excluding hydrogens is 422 g/mol. The molecule has 0 saturated heterocycles. The zero-order valence-electron chi connectivity index (χ0n) is 18.8. The molecule has 0 atom stereocenters. The van der Waals surface area contributed by atoms with Crippen LogP contribution in [0.2, 0.25) is 5.02 Å². The summed E-state index contributed by atoms with van der Waals surface area (Å²) < 4.78 is 7.07. The summed E-state index contributed by atoms with van der Waals surface area (Å²) in [6.07, 6.45) is 2.98. The third-order valence-electron chi connectivity index (χ3n) is 5.72. The Labute approximate surface area is 193 Å². The number of nitrogens with zero attached hydrogens (tertiary/aromatic N) is 3. The fraction of sp³-hybridized carbons (Fsp3) is 0.269. The van der Waals surface area contributed by atoms with Gasteiger partial charge in [-0.05, 0) is 55.2 Å². The van der Waals surface area contributed by atoms with E-state index in [0.29, 0.717) is 10.6 Å². The van der Waals surface area contributed by atoms with Crippen molar-refractivity contribution in [3.8, 4) is 16.8 Å². The standard InChI is InChI=1S/C26H26ClN3O2/c1-5-6-11-22-29-24-16(2)23(27)17(3)28-25(24)30(22)19-14-12-18(13-15-19)20-9-7-8-10-21(20)26(31)32-4/h7-10,12-15H,5-6,11H2,1-4H3. The van der Waals surface area contributed by atoms with Gasteiger partial charge >= 0.3 is 5.97 Å². The molecule has 2 aromatic carbocycles. The summed E-state index contributed by atoms with van der Waals surface area (Å²) in [4.78, 5) is 21.9. The minimum atomic E-state index is -0.348. The van der Waals surface area contributed by atoms with Crippen LogP contribution in [-0.2, 0) is 11.2 Å². The first-order valence-electron chi connectivity index (χ1n) is 10.8. The molecule has 5 nitrogen and oxygen atoms in total. The number of unbranched alkanes of at least 4 members (excludes halogenated alkanes) is 1. The van der Waals surface area contributed by atoms with Crippen LogP contribution in [0.3, 0.4) is 0 Å². The first-order chi connectivity index (χ1) is 15.5. The molecule has 0 aliphatic carbocycles. The molecule has 0 saturated carbocycles. The molecule has 32 heavy (non-hydrogen) atoms. The Morgan fingerprint density at radius 3 is 2.47 bits per heavy atom. The number of rotatable bonds is 6. The van der Waals surface area contributed by atoms with Gasteiger partial charge in [-0.2, -0.15) is 0 Å². The number of hydrogen-bond donors (Lipinski definition) is 0. The van der Waals surface area contributed by atoms with Gasteiger partial charge in [-0.3, -0.25) is 4.57 Å². The van der Waals surface area contributed by atoms with Crippen LogP contribution in [-0.4, -0.2) is 27.6 Å². The van der Waals surface area contributed by atoms with Crippen LogP contribution in [0.4, 0.5) is 0 Å². The predicted octanol–water partition coefficient (Wildman–Crippen LogP) is 6.49. The molecule has 0 bridgehead atoms. The molecule has 0 fully saturated rings. The van der Waals surface area contributed by atoms with Gasteiger partial charge in [0.1, 0.15) is 11.3 Å². The third kappa shape index (κ3) is 3.89. The van der Waals surface area contributed by atoms with Gasteiger partial charge in [0.15, 0.2) is 5.65 Å². The zero-order valence-corrected chi connectivity index (χ0v) is 19.5. The number of imidazole rings is 1. The lowest BCUT2D eigenvalue weighted by Crippen LogP contribution is -2.04. The van der Waals surface area contributed by atoms with E-state index in [4.69, 9.17) is 26.3 Å². The number of hydrogen-bond acceptors (Lipinski definition) is 4. The van der Waals surface area contributed by atoms with E-state index in [9.17, 15) is 4.79 Å². The lowest BCUT2D eigenvalue weighted by molar-refractivity contribution is 0.0601. The van der Waals surface area contributed by atoms with E-state index < -0.39 is 0 Å². The van der Waals surface area contributed by atoms with Crippen LogP contribution in [0.1, 0.15) is 47.2 Å². The molecule has 0 spiro atoms. The first kappa shape index (κ1) is 22.0. The quantitative estimate of drug-likeness (QED) is 0.317. The predicted molar refractivity (Wildman–Crippen MR) is 129 cm³/mol. The van der Waals surface area contributed by atoms with E-state index in [1.807, 2.05) is 56.3 Å². The highest BCUT2D eigenvalue weighted by atomic mass is 35.5. The summed E-state index contributed by atoms with van der Waals surface area (Å²) in [5.74, 6) is 0.626. The maximum Gasteiger partial charge on any atom is 0.338 e. The minimum absolute atomic E-state index is 0.348. The lowest BCUT2D eigenvalue weighted by Gasteiger charge is -2.12. The van der Waals surface area contributed by atoms with Gasteiger partial charge in [-0.15, -0.1) is 0 Å². The zero-order chi connectivity index (χ0) is 22.8. The summed E-state index contributed by atoms with van der Waals surface area (Å²) in [7, 11) is 1.40. The van der Waals surface area contributed by atoms with Gasteiger partial charge < -0.3 is 4.74 Å². The summed E-state index contributed by atoms with van der Waals surface area (Å²) in [6, 6.07) is 15.6. The molecule has 0 amide bonds. The molecule has 0 unspecified atom stereocenters. The second-order valence-corrected chi connectivity index (χ2v) is 8.24. The minimum Gasteiger partial charge on any atom is -0.465 e. The van der Waals surface area contributed by atoms with Crippen molar-refractivity contribution in [3.63, 3.8) is 0 Å². The van der Waals surface area contributed by atoms with Crippen LogP contribution in [0.25, 0.3) is 28.0 Å². The fourth-order valence-electron chi connectivity index (χ4n) is 3.98. The highest BCUT2D eigenvalue weighted by molar-refractivity contribution is 6.32. The van der Waals surface area contributed by atoms with E-state index in [1.54, 1.807) is 6.07 Å². The number of fused-ring (bicyclic) bond motifs is 1. The topological polar surface area (TPSA) is 57.0 Å². The molecule has 6 heteroatoms. The molecule has 2 aromatic heterocycles. The van der Waals surface area contributed by atoms with Crippen LogP contribution in [0, 0.1) is 13.8 Å². The van der Waals surface area contributed by atoms with Crippen molar-refractivity contribution >= 4 is 28.7 Å². The Bertz CT molecular complexity index is 1290. The number of ether oxygens (including phenoxy) is 1. The van der Waals surface area contributed by atoms with Gasteiger partial charge in [0.25, 0.3) is 0 Å². The van der Waals surface area contributed by atoms with Crippen LogP contribution in [0.15, 0.2) is 48.5 Å². The SMILES string of the molecule is CCCCc1nc2c(C)c(Cl)c(C)nc2n1-c1ccc(-c2ccccc2C(=O)OC)cc1. The summed E-state index contributed by atoms with van der Waals surface area (Å²) >= 11 is 6.46. The molecule has 164 valence electrons. The van der Waals surface area contributed by atoms with Crippen molar-refractivity contribution in [2.24, 2.45) is 0 Å². The van der Waals surface area contributed by atoms with Gasteiger partial charge in [0.2, 0.25) is 0 Å². The van der Waals surface area contributed by atoms with E-state index in [2.05, 4.69) is 11.5 Å². The second kappa shape index (κ2) is 9.13. The molecule has 0 aliphatic heterocycles. The molecule has 4 rings (SSSR count). The number of aryl methyl sites for hydroxylation is 3. The largest absolute Gasteiger partial charge is 0.465 e. The smallest absolute Gasteiger partial charge is 0.338 e. The van der Waals surface area contributed by atoms with Crippen molar-refractivity contribution in [1.82, 2.24) is 14.5 Å². The van der Waals surface area contributed by atoms with Crippen molar-refractivity contribution in [2.75, 3.05) is 7.11 Å². The molecule has 2 heterocycles. The molecule has 0 aliphatic rings. The van der Waals surface area contributed by atoms with E-state index in [-0.39, 0.29) is 5.97 Å². The number of carbonyl (C=O) groups is 1. The number of halogens is 1. The summed E-state index contributed by atoms with van der Waals surface area (Å²) in [6.45, 7) is 6.09. The van der Waals surface area contributed by atoms with Crippen molar-refractivity contribution < 1.29 is 9.53 Å². The van der Waals surface area contributed by atoms with Crippen LogP contribution >= 0.6 is 11.6 Å². The molecule has 0 N–H and O–H groups in total. The van der Waals surface area contributed by atoms with E-state index in [1.165, 1.54) is 7.11 Å². The van der Waals surface area contributed by atoms with E-state index >= 15 is 0 Å². The number of carbonyl (C=O) groups excluding carboxylic acids is 1. The second-order valence-electron chi connectivity index (χ2n) is 7.86. The Morgan fingerprint density at radius 1 is 1.06 bits per heavy atom. The lowest BCUT2D eigenvalue weighted by atomic mass is 9.99. The highest BCUT2D eigenvalue weighted by Crippen LogP contribution is 2.31. The molecule has 0 radical (unpaired) electrons. The van der Waals surface area contributed by atoms with Crippen LogP contribution < -0.4 is 0 Å². The monoisotopic (exact) mass is 447 g/mol. The average Bonchev–Trinajstić information content (AvgIpc) is 3.19. The fourth-order valence-corrected chi connectivity index (χ4v) is 4.11. The van der Waals surface area contributed by atoms with Gasteiger partial charge in [0, 0.05) is 12.1 Å². The summed E-state index contributed by atoms with van der Waals surface area (Å²) in [5, 5.41) is 0.666. The van der Waals surface area contributed by atoms with Crippen molar-refractivity contribution in [2.45, 2.75) is 40.0 Å². The average molecular weight is 448 g/mol. The van der Waals surface area contributed by atoms with Crippen molar-refractivity contribution in [1.29, 1.82) is 0 Å². The molecular formula is C26H26ClN3O2. The van der Waals surface area contributed by atoms with Gasteiger partial charge in [-0.25, -0.2) is 14.8 Å². The maximum absolute atomic E-state index is 12.2. The number of esters is 1. The number of aromatic nitrogens is 3. The normalized spacial score (nSPS) is 11.2. The van der Waals surface area contributed by atoms with E-state index in [0.717, 1.165) is 64.3 Å². The number of pyridine rings is 1. The number of methoxy groups -OCH3 is 1. The highest BCUT2D eigenvalue weighted by Gasteiger charge is 2.19. The van der Waals surface area contributed by atoms with Gasteiger partial charge in [-0.1, -0.05) is 55.3 Å². The molecule has 4 aromatic rings. The van der Waals surface area contributed by atoms with Crippen molar-refractivity contribution in [3.05, 3.63) is 76.2 Å². The maximum atomic E-state index is 12.2. The number of benzene rings is 2. The first-order valence-corrected chi connectivity index (χ1v) is 11.2. The Kier molecular flexibility index (Phi) is 6.28. The van der Waals surface area contributed by atoms with Gasteiger partial charge in [0.05, 0.1) is 23.4 Å². The third-order valence-corrected chi connectivity index (χ3v) is 6.28. The summed E-state index contributed by atoms with van der Waals surface area (Å²) in [5.41, 5.74) is 6.71.